The maximum absolute atomic E-state index is 11.1. The van der Waals surface area contributed by atoms with Crippen LogP contribution in [0.1, 0.15) is 18.2 Å². The van der Waals surface area contributed by atoms with Gasteiger partial charge in [0, 0.05) is 12.6 Å². The van der Waals surface area contributed by atoms with E-state index in [0.29, 0.717) is 5.82 Å². The van der Waals surface area contributed by atoms with Gasteiger partial charge < -0.3 is 5.32 Å². The van der Waals surface area contributed by atoms with Crippen LogP contribution in [0, 0.1) is 18.4 Å². The Balaban J connectivity index is 3.13. The molecule has 17 heavy (non-hydrogen) atoms. The van der Waals surface area contributed by atoms with Crippen LogP contribution in [0.4, 0.5) is 5.82 Å². The van der Waals surface area contributed by atoms with E-state index in [1.165, 1.54) is 6.92 Å². The highest BCUT2D eigenvalue weighted by Gasteiger charge is 2.09. The SMILES string of the molecule is CC(=O)Nc1nc(C)ccc1C#C[Si](C)(C)C. The van der Waals surface area contributed by atoms with Gasteiger partial charge in [0.2, 0.25) is 5.91 Å². The van der Waals surface area contributed by atoms with Crippen LogP contribution in [-0.4, -0.2) is 19.0 Å². The van der Waals surface area contributed by atoms with Crippen LogP contribution in [0.15, 0.2) is 12.1 Å². The van der Waals surface area contributed by atoms with Crippen molar-refractivity contribution >= 4 is 19.8 Å². The lowest BCUT2D eigenvalue weighted by atomic mass is 10.2. The minimum Gasteiger partial charge on any atom is -0.310 e. The highest BCUT2D eigenvalue weighted by atomic mass is 28.3. The van der Waals surface area contributed by atoms with Gasteiger partial charge in [0.25, 0.3) is 0 Å². The molecule has 1 aromatic rings. The van der Waals surface area contributed by atoms with E-state index in [-0.39, 0.29) is 5.91 Å². The van der Waals surface area contributed by atoms with Gasteiger partial charge in [-0.1, -0.05) is 25.6 Å². The van der Waals surface area contributed by atoms with Crippen molar-refractivity contribution in [2.75, 3.05) is 5.32 Å². The van der Waals surface area contributed by atoms with Crippen LogP contribution in [0.2, 0.25) is 19.6 Å². The number of carbonyl (C=O) groups is 1. The molecule has 1 heterocycles. The minimum atomic E-state index is -1.42. The lowest BCUT2D eigenvalue weighted by molar-refractivity contribution is -0.114. The molecule has 0 aromatic carbocycles. The summed E-state index contributed by atoms with van der Waals surface area (Å²) in [6.45, 7) is 9.90. The molecule has 90 valence electrons. The van der Waals surface area contributed by atoms with Gasteiger partial charge in [0.1, 0.15) is 13.9 Å². The largest absolute Gasteiger partial charge is 0.310 e. The van der Waals surface area contributed by atoms with Gasteiger partial charge >= 0.3 is 0 Å². The molecule has 0 aliphatic heterocycles. The second kappa shape index (κ2) is 5.15. The molecule has 0 atom stereocenters. The number of hydrogen-bond acceptors (Lipinski definition) is 2. The van der Waals surface area contributed by atoms with Crippen molar-refractivity contribution in [3.63, 3.8) is 0 Å². The summed E-state index contributed by atoms with van der Waals surface area (Å²) >= 11 is 0. The van der Waals surface area contributed by atoms with E-state index in [2.05, 4.69) is 41.4 Å². The highest BCUT2D eigenvalue weighted by Crippen LogP contribution is 2.12. The molecule has 4 heteroatoms. The van der Waals surface area contributed by atoms with Crippen LogP contribution < -0.4 is 5.32 Å². The van der Waals surface area contributed by atoms with E-state index in [1.54, 1.807) is 0 Å². The highest BCUT2D eigenvalue weighted by molar-refractivity contribution is 6.83. The van der Waals surface area contributed by atoms with Crippen LogP contribution in [0.25, 0.3) is 0 Å². The van der Waals surface area contributed by atoms with Crippen molar-refractivity contribution in [3.8, 4) is 11.5 Å². The fourth-order valence-electron chi connectivity index (χ4n) is 1.17. The number of anilines is 1. The topological polar surface area (TPSA) is 42.0 Å². The first-order valence-corrected chi connectivity index (χ1v) is 9.06. The maximum Gasteiger partial charge on any atom is 0.222 e. The predicted octanol–water partition coefficient (Wildman–Crippen LogP) is 2.58. The molecule has 0 fully saturated rings. The van der Waals surface area contributed by atoms with E-state index in [0.717, 1.165) is 11.3 Å². The normalized spacial score (nSPS) is 10.4. The molecule has 0 radical (unpaired) electrons. The number of aromatic nitrogens is 1. The number of rotatable bonds is 1. The summed E-state index contributed by atoms with van der Waals surface area (Å²) in [5, 5.41) is 2.71. The van der Waals surface area contributed by atoms with Gasteiger partial charge in [-0.25, -0.2) is 4.98 Å². The minimum absolute atomic E-state index is 0.126. The Hall–Kier alpha value is -1.60. The maximum atomic E-state index is 11.1. The van der Waals surface area contributed by atoms with Crippen LogP contribution in [-0.2, 0) is 4.79 Å². The standard InChI is InChI=1S/C13H18N2OSi/c1-10-6-7-12(8-9-17(3,4)5)13(14-10)15-11(2)16/h6-7H,1-5H3,(H,14,15,16). The van der Waals surface area contributed by atoms with Crippen LogP contribution in [0.5, 0.6) is 0 Å². The third-order valence-corrected chi connectivity index (χ3v) is 2.78. The summed E-state index contributed by atoms with van der Waals surface area (Å²) in [4.78, 5) is 15.4. The predicted molar refractivity (Wildman–Crippen MR) is 73.5 cm³/mol. The molecule has 0 saturated carbocycles. The molecule has 1 rings (SSSR count). The Bertz CT molecular complexity index is 492. The van der Waals surface area contributed by atoms with E-state index in [9.17, 15) is 4.79 Å². The van der Waals surface area contributed by atoms with Crippen LogP contribution >= 0.6 is 0 Å². The van der Waals surface area contributed by atoms with Crippen molar-refractivity contribution in [1.29, 1.82) is 0 Å². The zero-order valence-electron chi connectivity index (χ0n) is 11.0. The van der Waals surface area contributed by atoms with Crippen LogP contribution in [0.3, 0.4) is 0 Å². The second-order valence-corrected chi connectivity index (χ2v) is 9.78. The Morgan fingerprint density at radius 2 is 2.00 bits per heavy atom. The Kier molecular flexibility index (Phi) is 4.08. The molecular weight excluding hydrogens is 228 g/mol. The van der Waals surface area contributed by atoms with Crippen molar-refractivity contribution in [2.45, 2.75) is 33.5 Å². The third-order valence-electron chi connectivity index (χ3n) is 1.90. The summed E-state index contributed by atoms with van der Waals surface area (Å²) in [7, 11) is -1.42. The third kappa shape index (κ3) is 4.83. The molecule has 1 aromatic heterocycles. The number of carbonyl (C=O) groups excluding carboxylic acids is 1. The van der Waals surface area contributed by atoms with Gasteiger partial charge in [0.15, 0.2) is 0 Å². The molecule has 0 aliphatic carbocycles. The fourth-order valence-corrected chi connectivity index (χ4v) is 1.68. The number of amides is 1. The number of aryl methyl sites for hydroxylation is 1. The first-order valence-electron chi connectivity index (χ1n) is 5.56. The zero-order valence-corrected chi connectivity index (χ0v) is 12.0. The molecular formula is C13H18N2OSi. The van der Waals surface area contributed by atoms with Crippen molar-refractivity contribution in [2.24, 2.45) is 0 Å². The molecule has 0 spiro atoms. The first kappa shape index (κ1) is 13.5. The van der Waals surface area contributed by atoms with Gasteiger partial charge in [-0.15, -0.1) is 5.54 Å². The smallest absolute Gasteiger partial charge is 0.222 e. The van der Waals surface area contributed by atoms with Gasteiger partial charge in [-0.3, -0.25) is 4.79 Å². The summed E-state index contributed by atoms with van der Waals surface area (Å²) in [6.07, 6.45) is 0. The van der Waals surface area contributed by atoms with E-state index in [4.69, 9.17) is 0 Å². The number of hydrogen-bond donors (Lipinski definition) is 1. The van der Waals surface area contributed by atoms with E-state index in [1.807, 2.05) is 19.1 Å². The number of nitrogens with zero attached hydrogens (tertiary/aromatic N) is 1. The molecule has 0 aliphatic rings. The molecule has 3 nitrogen and oxygen atoms in total. The summed E-state index contributed by atoms with van der Waals surface area (Å²) in [6, 6.07) is 3.81. The number of pyridine rings is 1. The second-order valence-electron chi connectivity index (χ2n) is 5.03. The van der Waals surface area contributed by atoms with E-state index >= 15 is 0 Å². The lowest BCUT2D eigenvalue weighted by Gasteiger charge is -2.07. The molecule has 1 N–H and O–H groups in total. The Morgan fingerprint density at radius 3 is 2.53 bits per heavy atom. The van der Waals surface area contributed by atoms with E-state index < -0.39 is 8.07 Å². The van der Waals surface area contributed by atoms with Gasteiger partial charge in [0.05, 0.1) is 5.56 Å². The molecule has 0 saturated heterocycles. The lowest BCUT2D eigenvalue weighted by Crippen LogP contribution is -2.16. The fraction of sp³-hybridized carbons (Fsp3) is 0.385. The van der Waals surface area contributed by atoms with Crippen molar-refractivity contribution in [3.05, 3.63) is 23.4 Å². The number of nitrogens with one attached hydrogen (secondary N) is 1. The monoisotopic (exact) mass is 246 g/mol. The molecule has 0 unspecified atom stereocenters. The van der Waals surface area contributed by atoms with Gasteiger partial charge in [-0.05, 0) is 19.1 Å². The average Bonchev–Trinajstić information content (AvgIpc) is 2.14. The molecule has 1 amide bonds. The summed E-state index contributed by atoms with van der Waals surface area (Å²) in [5.74, 6) is 3.55. The summed E-state index contributed by atoms with van der Waals surface area (Å²) in [5.41, 5.74) is 4.92. The average molecular weight is 246 g/mol. The van der Waals surface area contributed by atoms with Gasteiger partial charge in [-0.2, -0.15) is 0 Å². The first-order chi connectivity index (χ1) is 7.78. The zero-order chi connectivity index (χ0) is 13.1. The summed E-state index contributed by atoms with van der Waals surface area (Å²) < 4.78 is 0. The van der Waals surface area contributed by atoms with Crippen molar-refractivity contribution < 1.29 is 4.79 Å². The Morgan fingerprint density at radius 1 is 1.35 bits per heavy atom. The molecule has 0 bridgehead atoms. The Labute approximate surface area is 104 Å². The van der Waals surface area contributed by atoms with Crippen molar-refractivity contribution in [1.82, 2.24) is 4.98 Å². The quantitative estimate of drug-likeness (QED) is 0.611.